The quantitative estimate of drug-likeness (QED) is 0.314. The van der Waals surface area contributed by atoms with Crippen LogP contribution < -0.4 is 15.4 Å². The third-order valence-corrected chi connectivity index (χ3v) is 8.39. The van der Waals surface area contributed by atoms with Crippen LogP contribution in [0.3, 0.4) is 0 Å². The van der Waals surface area contributed by atoms with Crippen LogP contribution in [-0.2, 0) is 11.4 Å². The first-order chi connectivity index (χ1) is 19.4. The highest BCUT2D eigenvalue weighted by atomic mass is 35.5. The summed E-state index contributed by atoms with van der Waals surface area (Å²) in [6.45, 7) is 8.45. The van der Waals surface area contributed by atoms with Crippen molar-refractivity contribution in [1.82, 2.24) is 0 Å². The topological polar surface area (TPSA) is 79.3 Å². The molecule has 1 aliphatic heterocycles. The number of nitriles is 1. The van der Waals surface area contributed by atoms with Gasteiger partial charge in [-0.3, -0.25) is 9.69 Å². The number of ketones is 1. The fourth-order valence-electron chi connectivity index (χ4n) is 5.89. The molecular formula is C33H30Cl3N3O2. The fraction of sp³-hybridized carbons (Fsp3) is 0.273. The lowest BCUT2D eigenvalue weighted by molar-refractivity contribution is -0.118. The van der Waals surface area contributed by atoms with E-state index in [1.54, 1.807) is 35.2 Å². The van der Waals surface area contributed by atoms with Crippen molar-refractivity contribution < 1.29 is 9.53 Å². The summed E-state index contributed by atoms with van der Waals surface area (Å²) in [5.74, 6) is 0.347. The van der Waals surface area contributed by atoms with E-state index in [1.807, 2.05) is 32.0 Å². The number of hydrogen-bond acceptors (Lipinski definition) is 5. The molecule has 2 aliphatic rings. The summed E-state index contributed by atoms with van der Waals surface area (Å²) in [4.78, 5) is 15.8. The molecule has 5 rings (SSSR count). The Balaban J connectivity index is 1.68. The summed E-state index contributed by atoms with van der Waals surface area (Å²) < 4.78 is 6.08. The Labute approximate surface area is 255 Å². The first-order valence-electron chi connectivity index (χ1n) is 13.3. The number of ether oxygens (including phenoxy) is 1. The van der Waals surface area contributed by atoms with Gasteiger partial charge in [-0.25, -0.2) is 0 Å². The second-order valence-corrected chi connectivity index (χ2v) is 12.8. The Hall–Kier alpha value is -3.43. The van der Waals surface area contributed by atoms with E-state index < -0.39 is 5.92 Å². The van der Waals surface area contributed by atoms with Gasteiger partial charge in [-0.2, -0.15) is 5.26 Å². The largest absolute Gasteiger partial charge is 0.489 e. The van der Waals surface area contributed by atoms with Gasteiger partial charge in [-0.05, 0) is 84.8 Å². The minimum absolute atomic E-state index is 0.000467. The van der Waals surface area contributed by atoms with Crippen molar-refractivity contribution in [2.24, 2.45) is 11.1 Å². The van der Waals surface area contributed by atoms with E-state index >= 15 is 0 Å². The van der Waals surface area contributed by atoms with E-state index in [0.717, 1.165) is 28.0 Å². The predicted octanol–water partition coefficient (Wildman–Crippen LogP) is 8.78. The highest BCUT2D eigenvalue weighted by Crippen LogP contribution is 2.51. The van der Waals surface area contributed by atoms with Crippen LogP contribution in [0.15, 0.2) is 77.3 Å². The van der Waals surface area contributed by atoms with Crippen LogP contribution >= 0.6 is 34.8 Å². The van der Waals surface area contributed by atoms with Gasteiger partial charge in [-0.1, -0.05) is 66.3 Å². The summed E-state index contributed by atoms with van der Waals surface area (Å²) in [5, 5.41) is 12.0. The van der Waals surface area contributed by atoms with Crippen LogP contribution in [-0.4, -0.2) is 5.78 Å². The summed E-state index contributed by atoms with van der Waals surface area (Å²) in [5.41, 5.74) is 12.6. The third-order valence-electron chi connectivity index (χ3n) is 7.71. The standard InChI is InChI=1S/C33H30Cl3N3O2/c1-18-9-20(17-41-25-7-5-21(34)6-8-25)19(2)26(10-18)30-27(16-37)32(38)39(24-12-22(35)11-23(36)13-24)28-14-33(3,4)15-29(40)31(28)30/h5-13,30H,14-15,17,38H2,1-4H3. The van der Waals surface area contributed by atoms with Gasteiger partial charge in [-0.15, -0.1) is 0 Å². The average molecular weight is 607 g/mol. The van der Waals surface area contributed by atoms with Crippen LogP contribution in [0.4, 0.5) is 5.69 Å². The smallest absolute Gasteiger partial charge is 0.162 e. The van der Waals surface area contributed by atoms with E-state index in [2.05, 4.69) is 26.0 Å². The van der Waals surface area contributed by atoms with Gasteiger partial charge in [0, 0.05) is 32.8 Å². The highest BCUT2D eigenvalue weighted by molar-refractivity contribution is 6.35. The molecule has 3 aromatic rings. The number of nitrogens with two attached hydrogens (primary N) is 1. The lowest BCUT2D eigenvalue weighted by atomic mass is 9.68. The Kier molecular flexibility index (Phi) is 7.87. The monoisotopic (exact) mass is 605 g/mol. The molecule has 2 N–H and O–H groups in total. The molecule has 210 valence electrons. The van der Waals surface area contributed by atoms with Gasteiger partial charge in [0.05, 0.1) is 23.2 Å². The molecule has 0 radical (unpaired) electrons. The van der Waals surface area contributed by atoms with E-state index in [-0.39, 0.29) is 17.0 Å². The van der Waals surface area contributed by atoms with Gasteiger partial charge in [0.15, 0.2) is 5.78 Å². The van der Waals surface area contributed by atoms with Crippen molar-refractivity contribution in [2.45, 2.75) is 53.1 Å². The van der Waals surface area contributed by atoms with Crippen LogP contribution in [0.1, 0.15) is 54.9 Å². The summed E-state index contributed by atoms with van der Waals surface area (Å²) >= 11 is 18.8. The van der Waals surface area contributed by atoms with Crippen molar-refractivity contribution in [3.63, 3.8) is 0 Å². The molecule has 0 saturated carbocycles. The summed E-state index contributed by atoms with van der Waals surface area (Å²) in [6, 6.07) is 18.8. The van der Waals surface area contributed by atoms with Gasteiger partial charge >= 0.3 is 0 Å². The number of rotatable bonds is 5. The van der Waals surface area contributed by atoms with Gasteiger partial charge < -0.3 is 10.5 Å². The number of allylic oxidation sites excluding steroid dienone is 3. The van der Waals surface area contributed by atoms with Crippen molar-refractivity contribution in [1.29, 1.82) is 5.26 Å². The van der Waals surface area contributed by atoms with Gasteiger partial charge in [0.2, 0.25) is 0 Å². The number of halogens is 3. The molecule has 0 saturated heterocycles. The SMILES string of the molecule is Cc1cc(COc2ccc(Cl)cc2)c(C)c(C2C(C#N)=C(N)N(c3cc(Cl)cc(Cl)c3)C3=C2C(=O)CC(C)(C)C3)c1. The Morgan fingerprint density at radius 1 is 1.00 bits per heavy atom. The molecule has 0 aromatic heterocycles. The van der Waals surface area contributed by atoms with Gasteiger partial charge in [0.1, 0.15) is 18.2 Å². The molecule has 5 nitrogen and oxygen atoms in total. The maximum absolute atomic E-state index is 14.0. The zero-order valence-corrected chi connectivity index (χ0v) is 25.6. The number of nitrogens with zero attached hydrogens (tertiary/aromatic N) is 2. The zero-order chi connectivity index (χ0) is 29.6. The molecule has 1 atom stereocenters. The number of carbonyl (C=O) groups excluding carboxylic acids is 1. The molecule has 3 aromatic carbocycles. The second kappa shape index (κ2) is 11.1. The van der Waals surface area contributed by atoms with Crippen LogP contribution in [0.5, 0.6) is 5.75 Å². The van der Waals surface area contributed by atoms with Crippen molar-refractivity contribution in [3.8, 4) is 11.8 Å². The molecule has 41 heavy (non-hydrogen) atoms. The van der Waals surface area contributed by atoms with Crippen molar-refractivity contribution in [2.75, 3.05) is 4.90 Å². The van der Waals surface area contributed by atoms with Crippen LogP contribution in [0.2, 0.25) is 15.1 Å². The summed E-state index contributed by atoms with van der Waals surface area (Å²) in [6.07, 6.45) is 0.952. The lowest BCUT2D eigenvalue weighted by Gasteiger charge is -2.44. The Morgan fingerprint density at radius 2 is 1.66 bits per heavy atom. The van der Waals surface area contributed by atoms with Gasteiger partial charge in [0.25, 0.3) is 0 Å². The first-order valence-corrected chi connectivity index (χ1v) is 14.4. The van der Waals surface area contributed by atoms with Crippen molar-refractivity contribution in [3.05, 3.63) is 115 Å². The highest BCUT2D eigenvalue weighted by Gasteiger charge is 2.45. The molecule has 0 spiro atoms. The summed E-state index contributed by atoms with van der Waals surface area (Å²) in [7, 11) is 0. The van der Waals surface area contributed by atoms with E-state index in [4.69, 9.17) is 45.3 Å². The molecule has 1 heterocycles. The molecule has 1 unspecified atom stereocenters. The Bertz CT molecular complexity index is 1650. The normalized spacial score (nSPS) is 18.3. The lowest BCUT2D eigenvalue weighted by Crippen LogP contribution is -2.42. The second-order valence-electron chi connectivity index (χ2n) is 11.5. The molecule has 8 heteroatoms. The fourth-order valence-corrected chi connectivity index (χ4v) is 6.53. The van der Waals surface area contributed by atoms with Crippen LogP contribution in [0, 0.1) is 30.6 Å². The zero-order valence-electron chi connectivity index (χ0n) is 23.3. The van der Waals surface area contributed by atoms with Crippen LogP contribution in [0.25, 0.3) is 0 Å². The number of Topliss-reactive ketones (excluding diaryl/α,β-unsaturated/α-hetero) is 1. The number of benzene rings is 3. The molecular weight excluding hydrogens is 577 g/mol. The molecule has 0 bridgehead atoms. The predicted molar refractivity (Wildman–Crippen MR) is 165 cm³/mol. The molecule has 0 fully saturated rings. The van der Waals surface area contributed by atoms with E-state index in [1.165, 1.54) is 0 Å². The average Bonchev–Trinajstić information content (AvgIpc) is 2.88. The van der Waals surface area contributed by atoms with E-state index in [0.29, 0.717) is 57.1 Å². The van der Waals surface area contributed by atoms with Crippen molar-refractivity contribution >= 4 is 46.3 Å². The minimum Gasteiger partial charge on any atom is -0.489 e. The third kappa shape index (κ3) is 5.70. The number of carbonyl (C=O) groups is 1. The minimum atomic E-state index is -0.612. The molecule has 0 amide bonds. The number of hydrogen-bond donors (Lipinski definition) is 1. The maximum atomic E-state index is 14.0. The Morgan fingerprint density at radius 3 is 2.29 bits per heavy atom. The first kappa shape index (κ1) is 29.1. The molecule has 1 aliphatic carbocycles. The number of aryl methyl sites for hydroxylation is 1. The van der Waals surface area contributed by atoms with E-state index in [9.17, 15) is 10.1 Å². The number of anilines is 1. The maximum Gasteiger partial charge on any atom is 0.162 e.